The molecule has 0 bridgehead atoms. The summed E-state index contributed by atoms with van der Waals surface area (Å²) in [6.07, 6.45) is -2.71. The first-order valence-electron chi connectivity index (χ1n) is 6.48. The second-order valence-corrected chi connectivity index (χ2v) is 5.23. The molecule has 116 valence electrons. The molecular formula is C15H8ClF3N4. The molecule has 0 saturated heterocycles. The second-order valence-electron chi connectivity index (χ2n) is 4.85. The van der Waals surface area contributed by atoms with Crippen LogP contribution < -0.4 is 0 Å². The van der Waals surface area contributed by atoms with Crippen molar-refractivity contribution in [2.24, 2.45) is 0 Å². The summed E-state index contributed by atoms with van der Waals surface area (Å²) in [5, 5.41) is 13.2. The number of aromatic nitrogens is 3. The summed E-state index contributed by atoms with van der Waals surface area (Å²) in [7, 11) is 0. The largest absolute Gasteiger partial charge is 0.416 e. The monoisotopic (exact) mass is 336 g/mol. The third-order valence-electron chi connectivity index (χ3n) is 3.27. The molecule has 2 aromatic heterocycles. The first-order valence-corrected chi connectivity index (χ1v) is 6.85. The Labute approximate surface area is 133 Å². The third-order valence-corrected chi connectivity index (χ3v) is 3.54. The molecule has 8 heteroatoms. The van der Waals surface area contributed by atoms with E-state index in [1.807, 2.05) is 6.07 Å². The van der Waals surface area contributed by atoms with E-state index in [1.54, 1.807) is 6.07 Å². The van der Waals surface area contributed by atoms with Crippen LogP contribution >= 0.6 is 11.6 Å². The smallest absolute Gasteiger partial charge is 0.232 e. The summed E-state index contributed by atoms with van der Waals surface area (Å²) < 4.78 is 39.0. The van der Waals surface area contributed by atoms with Crippen molar-refractivity contribution in [3.05, 3.63) is 64.1 Å². The van der Waals surface area contributed by atoms with Gasteiger partial charge in [0.2, 0.25) is 0 Å². The number of fused-ring (bicyclic) bond motifs is 1. The highest BCUT2D eigenvalue weighted by atomic mass is 35.5. The van der Waals surface area contributed by atoms with Crippen molar-refractivity contribution in [2.45, 2.75) is 12.6 Å². The number of hydrogen-bond acceptors (Lipinski definition) is 3. The number of nitriles is 1. The molecule has 0 amide bonds. The van der Waals surface area contributed by atoms with Crippen molar-refractivity contribution in [3.63, 3.8) is 0 Å². The van der Waals surface area contributed by atoms with Gasteiger partial charge in [0.05, 0.1) is 17.5 Å². The molecule has 0 saturated carbocycles. The lowest BCUT2D eigenvalue weighted by Gasteiger charge is -2.08. The molecule has 0 aliphatic carbocycles. The third kappa shape index (κ3) is 2.98. The Kier molecular flexibility index (Phi) is 3.70. The molecule has 4 nitrogen and oxygen atoms in total. The second kappa shape index (κ2) is 5.56. The minimum Gasteiger partial charge on any atom is -0.232 e. The molecule has 1 aromatic carbocycles. The van der Waals surface area contributed by atoms with E-state index in [1.165, 1.54) is 22.8 Å². The van der Waals surface area contributed by atoms with Gasteiger partial charge >= 0.3 is 6.18 Å². The van der Waals surface area contributed by atoms with Crippen LogP contribution in [0.25, 0.3) is 5.65 Å². The maximum absolute atomic E-state index is 12.6. The van der Waals surface area contributed by atoms with Crippen LogP contribution in [0, 0.1) is 11.3 Å². The van der Waals surface area contributed by atoms with Crippen LogP contribution in [0.2, 0.25) is 5.15 Å². The van der Waals surface area contributed by atoms with Crippen LogP contribution in [0.1, 0.15) is 22.4 Å². The first kappa shape index (κ1) is 15.3. The van der Waals surface area contributed by atoms with Crippen molar-refractivity contribution < 1.29 is 13.2 Å². The van der Waals surface area contributed by atoms with E-state index in [4.69, 9.17) is 16.9 Å². The van der Waals surface area contributed by atoms with Gasteiger partial charge in [-0.3, -0.25) is 0 Å². The Morgan fingerprint density at radius 3 is 2.52 bits per heavy atom. The normalized spacial score (nSPS) is 11.6. The van der Waals surface area contributed by atoms with Crippen LogP contribution in [0.3, 0.4) is 0 Å². The van der Waals surface area contributed by atoms with Gasteiger partial charge in [-0.1, -0.05) is 23.7 Å². The van der Waals surface area contributed by atoms with Crippen molar-refractivity contribution in [1.82, 2.24) is 14.6 Å². The fraction of sp³-hybridized carbons (Fsp3) is 0.133. The zero-order valence-electron chi connectivity index (χ0n) is 11.5. The van der Waals surface area contributed by atoms with Gasteiger partial charge in [0.15, 0.2) is 5.65 Å². The molecule has 0 fully saturated rings. The standard InChI is InChI=1S/C15H8ClF3N4/c16-13-6-12(22-14-10(7-20)8-21-23(13)14)5-9-1-3-11(4-2-9)15(17,18)19/h1-4,6,8H,5H2. The molecule has 0 radical (unpaired) electrons. The van der Waals surface area contributed by atoms with E-state index < -0.39 is 11.7 Å². The molecule has 0 unspecified atom stereocenters. The number of rotatable bonds is 2. The molecular weight excluding hydrogens is 329 g/mol. The van der Waals surface area contributed by atoms with Crippen LogP contribution in [-0.4, -0.2) is 14.6 Å². The summed E-state index contributed by atoms with van der Waals surface area (Å²) in [5.41, 5.74) is 1.09. The molecule has 3 rings (SSSR count). The van der Waals surface area contributed by atoms with E-state index in [0.717, 1.165) is 12.1 Å². The van der Waals surface area contributed by atoms with Gasteiger partial charge in [0.1, 0.15) is 16.8 Å². The SMILES string of the molecule is N#Cc1cnn2c(Cl)cc(Cc3ccc(C(F)(F)F)cc3)nc12. The van der Waals surface area contributed by atoms with Crippen molar-refractivity contribution >= 4 is 17.2 Å². The fourth-order valence-electron chi connectivity index (χ4n) is 2.16. The molecule has 0 aliphatic rings. The Hall–Kier alpha value is -2.59. The molecule has 3 aromatic rings. The lowest BCUT2D eigenvalue weighted by molar-refractivity contribution is -0.137. The van der Waals surface area contributed by atoms with Gasteiger partial charge < -0.3 is 0 Å². The summed E-state index contributed by atoms with van der Waals surface area (Å²) in [6.45, 7) is 0. The Balaban J connectivity index is 1.94. The van der Waals surface area contributed by atoms with Gasteiger partial charge in [-0.25, -0.2) is 9.50 Å². The first-order chi connectivity index (χ1) is 10.9. The summed E-state index contributed by atoms with van der Waals surface area (Å²) in [4.78, 5) is 4.30. The van der Waals surface area contributed by atoms with Crippen molar-refractivity contribution in [2.75, 3.05) is 0 Å². The maximum Gasteiger partial charge on any atom is 0.416 e. The predicted octanol–water partition coefficient (Wildman–Crippen LogP) is 3.86. The highest BCUT2D eigenvalue weighted by Gasteiger charge is 2.29. The quantitative estimate of drug-likeness (QED) is 0.668. The molecule has 23 heavy (non-hydrogen) atoms. The van der Waals surface area contributed by atoms with Gasteiger partial charge in [0.25, 0.3) is 0 Å². The summed E-state index contributed by atoms with van der Waals surface area (Å²) in [5.74, 6) is 0. The average Bonchev–Trinajstić information content (AvgIpc) is 2.90. The molecule has 2 heterocycles. The van der Waals surface area contributed by atoms with E-state index in [9.17, 15) is 13.2 Å². The Morgan fingerprint density at radius 2 is 1.91 bits per heavy atom. The lowest BCUT2D eigenvalue weighted by Crippen LogP contribution is -2.05. The van der Waals surface area contributed by atoms with Crippen LogP contribution in [0.4, 0.5) is 13.2 Å². The zero-order valence-corrected chi connectivity index (χ0v) is 12.2. The van der Waals surface area contributed by atoms with Gasteiger partial charge in [-0.05, 0) is 23.8 Å². The number of benzene rings is 1. The lowest BCUT2D eigenvalue weighted by atomic mass is 10.1. The van der Waals surface area contributed by atoms with Crippen LogP contribution in [0.15, 0.2) is 36.5 Å². The number of hydrogen-bond donors (Lipinski definition) is 0. The van der Waals surface area contributed by atoms with Crippen molar-refractivity contribution in [1.29, 1.82) is 5.26 Å². The summed E-state index contributed by atoms with van der Waals surface area (Å²) in [6, 6.07) is 8.36. The zero-order chi connectivity index (χ0) is 16.6. The van der Waals surface area contributed by atoms with E-state index in [0.29, 0.717) is 23.3 Å². The number of nitrogens with zero attached hydrogens (tertiary/aromatic N) is 4. The Bertz CT molecular complexity index is 907. The Morgan fingerprint density at radius 1 is 1.22 bits per heavy atom. The van der Waals surface area contributed by atoms with Gasteiger partial charge in [-0.15, -0.1) is 0 Å². The highest BCUT2D eigenvalue weighted by Crippen LogP contribution is 2.29. The van der Waals surface area contributed by atoms with Gasteiger partial charge in [0, 0.05) is 6.42 Å². The summed E-state index contributed by atoms with van der Waals surface area (Å²) >= 11 is 6.09. The molecule has 0 spiro atoms. The maximum atomic E-state index is 12.6. The number of halogens is 4. The van der Waals surface area contributed by atoms with E-state index >= 15 is 0 Å². The molecule has 0 aliphatic heterocycles. The highest BCUT2D eigenvalue weighted by molar-refractivity contribution is 6.29. The fourth-order valence-corrected chi connectivity index (χ4v) is 2.41. The van der Waals surface area contributed by atoms with E-state index in [2.05, 4.69) is 10.1 Å². The minimum atomic E-state index is -4.36. The van der Waals surface area contributed by atoms with Crippen LogP contribution in [-0.2, 0) is 12.6 Å². The number of alkyl halides is 3. The minimum absolute atomic E-state index is 0.276. The topological polar surface area (TPSA) is 54.0 Å². The van der Waals surface area contributed by atoms with Crippen LogP contribution in [0.5, 0.6) is 0 Å². The average molecular weight is 337 g/mol. The predicted molar refractivity (Wildman–Crippen MR) is 77.0 cm³/mol. The van der Waals surface area contributed by atoms with E-state index in [-0.39, 0.29) is 10.7 Å². The molecule has 0 N–H and O–H groups in total. The van der Waals surface area contributed by atoms with Crippen molar-refractivity contribution in [3.8, 4) is 6.07 Å². The molecule has 0 atom stereocenters. The van der Waals surface area contributed by atoms with Gasteiger partial charge in [-0.2, -0.15) is 23.5 Å².